The summed E-state index contributed by atoms with van der Waals surface area (Å²) in [5.74, 6) is -0.872. The summed E-state index contributed by atoms with van der Waals surface area (Å²) < 4.78 is 0. The average molecular weight is 374 g/mol. The number of carbonyl (C=O) groups is 3. The number of halogens is 1. The first-order chi connectivity index (χ1) is 12.3. The quantitative estimate of drug-likeness (QED) is 0.564. The van der Waals surface area contributed by atoms with E-state index in [-0.39, 0.29) is 28.9 Å². The third-order valence-electron chi connectivity index (χ3n) is 3.90. The maximum Gasteiger partial charge on any atom is 0.323 e. The number of fused-ring (bicyclic) bond motifs is 1. The number of carbonyl (C=O) groups excluding carboxylic acids is 3. The van der Waals surface area contributed by atoms with E-state index in [0.717, 1.165) is 0 Å². The van der Waals surface area contributed by atoms with E-state index < -0.39 is 11.9 Å². The molecule has 0 spiro atoms. The predicted molar refractivity (Wildman–Crippen MR) is 97.8 cm³/mol. The van der Waals surface area contributed by atoms with Crippen LogP contribution in [0.2, 0.25) is 5.02 Å². The lowest BCUT2D eigenvalue weighted by atomic mass is 10.1. The van der Waals surface area contributed by atoms with Gasteiger partial charge in [-0.2, -0.15) is 0 Å². The van der Waals surface area contributed by atoms with Crippen molar-refractivity contribution in [3.8, 4) is 5.75 Å². The van der Waals surface area contributed by atoms with Gasteiger partial charge in [-0.05, 0) is 50.2 Å². The van der Waals surface area contributed by atoms with Gasteiger partial charge in [0.25, 0.3) is 11.8 Å². The molecule has 0 aliphatic carbocycles. The Balaban J connectivity index is 1.78. The van der Waals surface area contributed by atoms with Gasteiger partial charge in [-0.25, -0.2) is 4.79 Å². The highest BCUT2D eigenvalue weighted by Gasteiger charge is 2.37. The van der Waals surface area contributed by atoms with Crippen LogP contribution in [0.5, 0.6) is 5.75 Å². The third kappa shape index (κ3) is 3.21. The minimum Gasteiger partial charge on any atom is -0.506 e. The fourth-order valence-electron chi connectivity index (χ4n) is 2.70. The second-order valence-electron chi connectivity index (χ2n) is 6.08. The minimum absolute atomic E-state index is 0.133. The molecule has 8 heteroatoms. The molecule has 0 bridgehead atoms. The third-order valence-corrected chi connectivity index (χ3v) is 4.13. The van der Waals surface area contributed by atoms with Crippen molar-refractivity contribution in [2.45, 2.75) is 19.9 Å². The summed E-state index contributed by atoms with van der Waals surface area (Å²) in [4.78, 5) is 38.0. The Labute approximate surface area is 154 Å². The summed E-state index contributed by atoms with van der Waals surface area (Å²) in [6.45, 7) is 3.51. The van der Waals surface area contributed by atoms with E-state index in [9.17, 15) is 19.5 Å². The number of hydrogen-bond acceptors (Lipinski definition) is 4. The number of anilines is 2. The number of phenolic OH excluding ortho intramolecular Hbond substituents is 1. The lowest BCUT2D eigenvalue weighted by molar-refractivity contribution is 0.0609. The number of imide groups is 1. The van der Waals surface area contributed by atoms with E-state index in [2.05, 4.69) is 10.6 Å². The Morgan fingerprint density at radius 1 is 1.04 bits per heavy atom. The van der Waals surface area contributed by atoms with E-state index in [0.29, 0.717) is 16.3 Å². The van der Waals surface area contributed by atoms with Crippen molar-refractivity contribution in [1.82, 2.24) is 4.90 Å². The number of urea groups is 1. The van der Waals surface area contributed by atoms with E-state index in [1.54, 1.807) is 13.8 Å². The molecule has 4 amide bonds. The van der Waals surface area contributed by atoms with Crippen LogP contribution in [0.3, 0.4) is 0 Å². The molecular weight excluding hydrogens is 358 g/mol. The normalized spacial score (nSPS) is 13.2. The minimum atomic E-state index is -0.625. The van der Waals surface area contributed by atoms with E-state index in [1.807, 2.05) is 0 Å². The zero-order valence-electron chi connectivity index (χ0n) is 14.0. The zero-order valence-corrected chi connectivity index (χ0v) is 14.8. The number of amides is 4. The molecular formula is C18H16ClN3O4. The van der Waals surface area contributed by atoms with E-state index in [4.69, 9.17) is 11.6 Å². The molecule has 0 saturated carbocycles. The van der Waals surface area contributed by atoms with Crippen molar-refractivity contribution in [2.75, 3.05) is 10.6 Å². The van der Waals surface area contributed by atoms with Gasteiger partial charge in [-0.3, -0.25) is 14.5 Å². The highest BCUT2D eigenvalue weighted by molar-refractivity contribution is 6.31. The molecule has 1 aliphatic heterocycles. The van der Waals surface area contributed by atoms with Crippen molar-refractivity contribution < 1.29 is 19.5 Å². The van der Waals surface area contributed by atoms with Crippen LogP contribution < -0.4 is 10.6 Å². The van der Waals surface area contributed by atoms with Crippen LogP contribution in [-0.2, 0) is 0 Å². The first-order valence-electron chi connectivity index (χ1n) is 7.86. The maximum atomic E-state index is 12.4. The van der Waals surface area contributed by atoms with Gasteiger partial charge in [-0.15, -0.1) is 0 Å². The maximum absolute atomic E-state index is 12.4. The summed E-state index contributed by atoms with van der Waals surface area (Å²) in [6.07, 6.45) is 0. The number of benzene rings is 2. The fourth-order valence-corrected chi connectivity index (χ4v) is 2.87. The van der Waals surface area contributed by atoms with Crippen LogP contribution in [-0.4, -0.2) is 33.9 Å². The topological polar surface area (TPSA) is 98.7 Å². The molecule has 0 fully saturated rings. The first kappa shape index (κ1) is 17.8. The molecule has 3 N–H and O–H groups in total. The molecule has 134 valence electrons. The molecule has 3 rings (SSSR count). The van der Waals surface area contributed by atoms with Gasteiger partial charge in [-0.1, -0.05) is 11.6 Å². The van der Waals surface area contributed by atoms with Gasteiger partial charge in [0.15, 0.2) is 0 Å². The lowest BCUT2D eigenvalue weighted by Crippen LogP contribution is -2.35. The second-order valence-corrected chi connectivity index (χ2v) is 6.51. The number of phenols is 1. The number of rotatable bonds is 3. The van der Waals surface area contributed by atoms with Crippen molar-refractivity contribution in [1.29, 1.82) is 0 Å². The Morgan fingerprint density at radius 2 is 1.73 bits per heavy atom. The molecule has 0 unspecified atom stereocenters. The van der Waals surface area contributed by atoms with Gasteiger partial charge in [0.05, 0.1) is 16.8 Å². The molecule has 1 aliphatic rings. The monoisotopic (exact) mass is 373 g/mol. The molecule has 7 nitrogen and oxygen atoms in total. The highest BCUT2D eigenvalue weighted by Crippen LogP contribution is 2.29. The average Bonchev–Trinajstić information content (AvgIpc) is 2.82. The molecule has 26 heavy (non-hydrogen) atoms. The Morgan fingerprint density at radius 3 is 2.42 bits per heavy atom. The van der Waals surface area contributed by atoms with E-state index in [1.165, 1.54) is 41.3 Å². The SMILES string of the molecule is CC(C)N1C(=O)c2ccc(NC(=O)Nc3cc(Cl)ccc3O)cc2C1=O. The number of nitrogens with one attached hydrogen (secondary N) is 2. The van der Waals surface area contributed by atoms with Crippen molar-refractivity contribution in [3.63, 3.8) is 0 Å². The molecule has 2 aromatic carbocycles. The van der Waals surface area contributed by atoms with E-state index >= 15 is 0 Å². The fraction of sp³-hybridized carbons (Fsp3) is 0.167. The summed E-state index contributed by atoms with van der Waals surface area (Å²) in [5, 5.41) is 15.1. The van der Waals surface area contributed by atoms with Gasteiger partial charge in [0, 0.05) is 16.8 Å². The van der Waals surface area contributed by atoms with Crippen molar-refractivity contribution >= 4 is 40.8 Å². The van der Waals surface area contributed by atoms with Crippen LogP contribution in [0.25, 0.3) is 0 Å². The second kappa shape index (κ2) is 6.68. The highest BCUT2D eigenvalue weighted by atomic mass is 35.5. The largest absolute Gasteiger partial charge is 0.506 e. The predicted octanol–water partition coefficient (Wildman–Crippen LogP) is 3.69. The molecule has 0 saturated heterocycles. The van der Waals surface area contributed by atoms with Gasteiger partial charge < -0.3 is 15.7 Å². The standard InChI is InChI=1S/C18H16ClN3O4/c1-9(2)22-16(24)12-5-4-11(8-13(12)17(22)25)20-18(26)21-14-7-10(19)3-6-15(14)23/h3-9,23H,1-2H3,(H2,20,21,26). The molecule has 1 heterocycles. The van der Waals surface area contributed by atoms with Gasteiger partial charge in [0.2, 0.25) is 0 Å². The number of hydrogen-bond donors (Lipinski definition) is 3. The van der Waals surface area contributed by atoms with Crippen molar-refractivity contribution in [2.24, 2.45) is 0 Å². The van der Waals surface area contributed by atoms with Crippen LogP contribution in [0.15, 0.2) is 36.4 Å². The summed E-state index contributed by atoms with van der Waals surface area (Å²) >= 11 is 5.84. The molecule has 2 aromatic rings. The Kier molecular flexibility index (Phi) is 4.56. The summed E-state index contributed by atoms with van der Waals surface area (Å²) in [7, 11) is 0. The summed E-state index contributed by atoms with van der Waals surface area (Å²) in [6, 6.07) is 7.86. The zero-order chi connectivity index (χ0) is 19.0. The Hall–Kier alpha value is -3.06. The van der Waals surface area contributed by atoms with Crippen LogP contribution in [0.1, 0.15) is 34.6 Å². The Bertz CT molecular complexity index is 927. The molecule has 0 atom stereocenters. The first-order valence-corrected chi connectivity index (χ1v) is 8.24. The number of nitrogens with zero attached hydrogens (tertiary/aromatic N) is 1. The molecule has 0 aromatic heterocycles. The van der Waals surface area contributed by atoms with Crippen molar-refractivity contribution in [3.05, 3.63) is 52.5 Å². The van der Waals surface area contributed by atoms with Crippen LogP contribution in [0, 0.1) is 0 Å². The lowest BCUT2D eigenvalue weighted by Gasteiger charge is -2.17. The van der Waals surface area contributed by atoms with Crippen LogP contribution >= 0.6 is 11.6 Å². The molecule has 0 radical (unpaired) electrons. The summed E-state index contributed by atoms with van der Waals surface area (Å²) in [5.41, 5.74) is 1.04. The smallest absolute Gasteiger partial charge is 0.323 e. The van der Waals surface area contributed by atoms with Crippen LogP contribution in [0.4, 0.5) is 16.2 Å². The van der Waals surface area contributed by atoms with Gasteiger partial charge >= 0.3 is 6.03 Å². The number of aromatic hydroxyl groups is 1. The van der Waals surface area contributed by atoms with Gasteiger partial charge in [0.1, 0.15) is 5.75 Å².